The molecule has 140 valence electrons. The molecule has 0 unspecified atom stereocenters. The van der Waals surface area contributed by atoms with Gasteiger partial charge in [-0.1, -0.05) is 66.2 Å². The molecule has 1 heterocycles. The molecule has 0 spiro atoms. The molecular formula is C25H22ClNS. The maximum Gasteiger partial charge on any atom is 0.0553 e. The highest BCUT2D eigenvalue weighted by Crippen LogP contribution is 2.50. The van der Waals surface area contributed by atoms with Crippen LogP contribution in [0.3, 0.4) is 0 Å². The molecule has 1 aliphatic heterocycles. The van der Waals surface area contributed by atoms with Gasteiger partial charge in [-0.2, -0.15) is 0 Å². The van der Waals surface area contributed by atoms with Gasteiger partial charge in [-0.05, 0) is 59.4 Å². The smallest absolute Gasteiger partial charge is 0.0553 e. The van der Waals surface area contributed by atoms with Crippen LogP contribution in [0.4, 0.5) is 5.69 Å². The molecule has 0 bridgehead atoms. The third-order valence-corrected chi connectivity index (χ3v) is 7.14. The van der Waals surface area contributed by atoms with Crippen molar-refractivity contribution in [1.29, 1.82) is 0 Å². The van der Waals surface area contributed by atoms with Crippen molar-refractivity contribution in [2.75, 3.05) is 5.32 Å². The van der Waals surface area contributed by atoms with Crippen molar-refractivity contribution in [1.82, 2.24) is 0 Å². The predicted molar refractivity (Wildman–Crippen MR) is 120 cm³/mol. The first-order valence-electron chi connectivity index (χ1n) is 9.77. The van der Waals surface area contributed by atoms with Gasteiger partial charge in [0.2, 0.25) is 0 Å². The van der Waals surface area contributed by atoms with Gasteiger partial charge in [0.1, 0.15) is 0 Å². The lowest BCUT2D eigenvalue weighted by atomic mass is 9.77. The van der Waals surface area contributed by atoms with Crippen LogP contribution in [0.1, 0.15) is 35.1 Å². The van der Waals surface area contributed by atoms with Gasteiger partial charge in [-0.3, -0.25) is 0 Å². The molecule has 2 aliphatic rings. The fourth-order valence-corrected chi connectivity index (χ4v) is 5.41. The molecule has 3 aromatic rings. The summed E-state index contributed by atoms with van der Waals surface area (Å²) < 4.78 is 0. The molecular weight excluding hydrogens is 382 g/mol. The van der Waals surface area contributed by atoms with Gasteiger partial charge >= 0.3 is 0 Å². The Balaban J connectivity index is 1.41. The summed E-state index contributed by atoms with van der Waals surface area (Å²) in [4.78, 5) is 1.32. The third-order valence-electron chi connectivity index (χ3n) is 5.81. The molecule has 0 amide bonds. The number of allylic oxidation sites excluding steroid dienone is 2. The molecule has 1 aliphatic carbocycles. The Kier molecular flexibility index (Phi) is 4.92. The first-order chi connectivity index (χ1) is 13.8. The first kappa shape index (κ1) is 17.9. The summed E-state index contributed by atoms with van der Waals surface area (Å²) >= 11 is 8.00. The Hall–Kier alpha value is -2.16. The summed E-state index contributed by atoms with van der Waals surface area (Å²) in [5.41, 5.74) is 5.41. The van der Waals surface area contributed by atoms with E-state index in [1.807, 2.05) is 23.9 Å². The van der Waals surface area contributed by atoms with Gasteiger partial charge in [0.05, 0.1) is 6.04 Å². The summed E-state index contributed by atoms with van der Waals surface area (Å²) in [7, 11) is 0. The molecule has 0 saturated heterocycles. The van der Waals surface area contributed by atoms with Crippen molar-refractivity contribution in [2.24, 2.45) is 5.92 Å². The molecule has 3 aromatic carbocycles. The van der Waals surface area contributed by atoms with E-state index in [1.54, 1.807) is 0 Å². The summed E-state index contributed by atoms with van der Waals surface area (Å²) in [6, 6.07) is 26.2. The highest BCUT2D eigenvalue weighted by molar-refractivity contribution is 7.98. The summed E-state index contributed by atoms with van der Waals surface area (Å²) in [5.74, 6) is 2.04. The monoisotopic (exact) mass is 403 g/mol. The Morgan fingerprint density at radius 3 is 2.61 bits per heavy atom. The van der Waals surface area contributed by atoms with Gasteiger partial charge < -0.3 is 5.32 Å². The second-order valence-corrected chi connectivity index (χ2v) is 9.04. The molecule has 28 heavy (non-hydrogen) atoms. The zero-order valence-electron chi connectivity index (χ0n) is 15.5. The van der Waals surface area contributed by atoms with Gasteiger partial charge in [-0.15, -0.1) is 11.8 Å². The first-order valence-corrected chi connectivity index (χ1v) is 11.1. The average Bonchev–Trinajstić information content (AvgIpc) is 3.23. The number of halogens is 1. The second kappa shape index (κ2) is 7.69. The maximum atomic E-state index is 6.10. The molecule has 3 heteroatoms. The van der Waals surface area contributed by atoms with Crippen molar-refractivity contribution in [3.63, 3.8) is 0 Å². The number of hydrogen-bond acceptors (Lipinski definition) is 2. The molecule has 5 rings (SSSR count). The van der Waals surface area contributed by atoms with E-state index in [1.165, 1.54) is 27.3 Å². The Morgan fingerprint density at radius 2 is 1.79 bits per heavy atom. The zero-order chi connectivity index (χ0) is 18.9. The second-order valence-electron chi connectivity index (χ2n) is 7.55. The predicted octanol–water partition coefficient (Wildman–Crippen LogP) is 7.46. The summed E-state index contributed by atoms with van der Waals surface area (Å²) in [5, 5.41) is 4.61. The van der Waals surface area contributed by atoms with Crippen LogP contribution in [-0.2, 0) is 5.75 Å². The molecule has 1 nitrogen and oxygen atoms in total. The van der Waals surface area contributed by atoms with E-state index in [0.29, 0.717) is 17.9 Å². The van der Waals surface area contributed by atoms with E-state index < -0.39 is 0 Å². The summed E-state index contributed by atoms with van der Waals surface area (Å²) in [6.07, 6.45) is 5.87. The lowest BCUT2D eigenvalue weighted by molar-refractivity contribution is 0.425. The Morgan fingerprint density at radius 1 is 0.964 bits per heavy atom. The minimum atomic E-state index is 0.328. The topological polar surface area (TPSA) is 12.0 Å². The Labute approximate surface area is 175 Å². The lowest BCUT2D eigenvalue weighted by Gasteiger charge is -2.37. The van der Waals surface area contributed by atoms with Crippen molar-refractivity contribution in [3.8, 4) is 0 Å². The number of thioether (sulfide) groups is 1. The van der Waals surface area contributed by atoms with Gasteiger partial charge in [0.25, 0.3) is 0 Å². The number of anilines is 1. The number of fused-ring (bicyclic) bond motifs is 3. The van der Waals surface area contributed by atoms with Crippen LogP contribution in [0.2, 0.25) is 5.02 Å². The van der Waals surface area contributed by atoms with Crippen LogP contribution in [-0.4, -0.2) is 0 Å². The van der Waals surface area contributed by atoms with Crippen LogP contribution in [0.25, 0.3) is 0 Å². The van der Waals surface area contributed by atoms with Crippen LogP contribution >= 0.6 is 23.4 Å². The molecule has 0 aromatic heterocycles. The largest absolute Gasteiger partial charge is 0.378 e. The molecule has 1 N–H and O–H groups in total. The van der Waals surface area contributed by atoms with E-state index in [2.05, 4.69) is 78.1 Å². The van der Waals surface area contributed by atoms with Crippen LogP contribution in [0.15, 0.2) is 89.8 Å². The number of rotatable bonds is 4. The average molecular weight is 404 g/mol. The SMILES string of the molecule is Clc1ccc([C@@H]2Nc3ccc(CSc4ccccc4)cc3[C@H]3C=CC[C@@H]32)cc1. The number of benzene rings is 3. The van der Waals surface area contributed by atoms with Crippen molar-refractivity contribution in [2.45, 2.75) is 29.0 Å². The quantitative estimate of drug-likeness (QED) is 0.358. The third kappa shape index (κ3) is 3.47. The number of nitrogens with one attached hydrogen (secondary N) is 1. The van der Waals surface area contributed by atoms with Gasteiger partial charge in [0.15, 0.2) is 0 Å². The highest BCUT2D eigenvalue weighted by Gasteiger charge is 2.37. The van der Waals surface area contributed by atoms with Crippen LogP contribution < -0.4 is 5.32 Å². The number of hydrogen-bond donors (Lipinski definition) is 1. The van der Waals surface area contributed by atoms with E-state index in [0.717, 1.165) is 17.2 Å². The van der Waals surface area contributed by atoms with E-state index in [-0.39, 0.29) is 0 Å². The zero-order valence-corrected chi connectivity index (χ0v) is 17.1. The fourth-order valence-electron chi connectivity index (χ4n) is 4.42. The Bertz CT molecular complexity index is 997. The van der Waals surface area contributed by atoms with Gasteiger partial charge in [-0.25, -0.2) is 0 Å². The normalized spacial score (nSPS) is 22.4. The maximum absolute atomic E-state index is 6.10. The van der Waals surface area contributed by atoms with E-state index >= 15 is 0 Å². The molecule has 0 saturated carbocycles. The highest BCUT2D eigenvalue weighted by atomic mass is 35.5. The summed E-state index contributed by atoms with van der Waals surface area (Å²) in [6.45, 7) is 0. The van der Waals surface area contributed by atoms with Crippen molar-refractivity contribution >= 4 is 29.1 Å². The minimum absolute atomic E-state index is 0.328. The molecule has 0 fully saturated rings. The van der Waals surface area contributed by atoms with E-state index in [4.69, 9.17) is 11.6 Å². The standard InChI is InChI=1S/C25H22ClNS/c26-19-12-10-18(11-13-19)25-22-8-4-7-21(22)23-15-17(9-14-24(23)27-25)16-28-20-5-2-1-3-6-20/h1-7,9-15,21-22,25,27H,8,16H2/t21-,22-,25-/m0/s1. The molecule has 3 atom stereocenters. The minimum Gasteiger partial charge on any atom is -0.378 e. The van der Waals surface area contributed by atoms with Gasteiger partial charge in [0, 0.05) is 27.3 Å². The molecule has 0 radical (unpaired) electrons. The van der Waals surface area contributed by atoms with Crippen molar-refractivity contribution in [3.05, 3.63) is 107 Å². The van der Waals surface area contributed by atoms with Crippen LogP contribution in [0.5, 0.6) is 0 Å². The van der Waals surface area contributed by atoms with Crippen LogP contribution in [0, 0.1) is 5.92 Å². The van der Waals surface area contributed by atoms with E-state index in [9.17, 15) is 0 Å². The van der Waals surface area contributed by atoms with Crippen molar-refractivity contribution < 1.29 is 0 Å². The fraction of sp³-hybridized carbons (Fsp3) is 0.200. The lowest BCUT2D eigenvalue weighted by Crippen LogP contribution is -2.29.